The van der Waals surface area contributed by atoms with Gasteiger partial charge in [-0.25, -0.2) is 4.79 Å². The largest absolute Gasteiger partial charge is 0.514 e. The van der Waals surface area contributed by atoms with Gasteiger partial charge in [-0.1, -0.05) is 19.4 Å². The van der Waals surface area contributed by atoms with Crippen LogP contribution >= 0.6 is 0 Å². The van der Waals surface area contributed by atoms with Gasteiger partial charge in [0.2, 0.25) is 0 Å². The third-order valence-electron chi connectivity index (χ3n) is 2.97. The summed E-state index contributed by atoms with van der Waals surface area (Å²) in [6, 6.07) is 5.13. The summed E-state index contributed by atoms with van der Waals surface area (Å²) in [5.41, 5.74) is -0.0860. The highest BCUT2D eigenvalue weighted by Crippen LogP contribution is 2.17. The average Bonchev–Trinajstić information content (AvgIpc) is 2.58. The van der Waals surface area contributed by atoms with E-state index in [0.29, 0.717) is 13.2 Å². The molecule has 0 N–H and O–H groups in total. The maximum absolute atomic E-state index is 11.5. The number of nitrogens with zero attached hydrogens (tertiary/aromatic N) is 1. The molecule has 0 aliphatic rings. The number of benzene rings is 1. The second kappa shape index (κ2) is 12.0. The molecule has 0 radical (unpaired) electrons. The van der Waals surface area contributed by atoms with Crippen molar-refractivity contribution >= 4 is 11.8 Å². The number of hydrogen-bond donors (Lipinski definition) is 0. The first-order chi connectivity index (χ1) is 12.1. The second-order valence-corrected chi connectivity index (χ2v) is 4.89. The van der Waals surface area contributed by atoms with Crippen molar-refractivity contribution in [2.45, 2.75) is 33.0 Å². The lowest BCUT2D eigenvalue weighted by Crippen LogP contribution is -2.17. The highest BCUT2D eigenvalue weighted by atomic mass is 16.7. The Morgan fingerprint density at radius 2 is 1.84 bits per heavy atom. The Morgan fingerprint density at radius 3 is 2.44 bits per heavy atom. The Morgan fingerprint density at radius 1 is 1.16 bits per heavy atom. The van der Waals surface area contributed by atoms with Gasteiger partial charge >= 0.3 is 6.16 Å². The van der Waals surface area contributed by atoms with Gasteiger partial charge in [0.25, 0.3) is 5.69 Å². The lowest BCUT2D eigenvalue weighted by molar-refractivity contribution is -0.384. The predicted octanol–water partition coefficient (Wildman–Crippen LogP) is 3.85. The molecule has 1 aromatic rings. The molecular formula is C17H23NO7. The van der Waals surface area contributed by atoms with E-state index in [1.807, 2.05) is 6.92 Å². The second-order valence-electron chi connectivity index (χ2n) is 4.89. The number of rotatable bonds is 11. The molecule has 8 heteroatoms. The molecule has 25 heavy (non-hydrogen) atoms. The molecule has 8 nitrogen and oxygen atoms in total. The minimum Gasteiger partial charge on any atom is -0.430 e. The van der Waals surface area contributed by atoms with Crippen LogP contribution in [0.25, 0.3) is 0 Å². The number of carbonyl (C=O) groups excluding carboxylic acids is 1. The van der Waals surface area contributed by atoms with E-state index in [-0.39, 0.29) is 24.3 Å². The van der Waals surface area contributed by atoms with E-state index in [4.69, 9.17) is 18.9 Å². The summed E-state index contributed by atoms with van der Waals surface area (Å²) >= 11 is 0. The van der Waals surface area contributed by atoms with Gasteiger partial charge in [0.05, 0.1) is 11.5 Å². The first kappa shape index (κ1) is 20.6. The molecule has 0 amide bonds. The Bertz CT molecular complexity index is 551. The number of hydrogen-bond acceptors (Lipinski definition) is 7. The number of carbonyl (C=O) groups is 1. The van der Waals surface area contributed by atoms with E-state index < -0.39 is 11.1 Å². The van der Waals surface area contributed by atoms with E-state index in [0.717, 1.165) is 12.8 Å². The standard InChI is InChI=1S/C17H23NO7/c1-3-7-16(22-4-2)23-12-5-6-13-24-17(19)25-15-10-8-14(9-11-15)18(20)21/h5-6,8-11,16H,3-4,7,12-13H2,1-2H3/b6-5+. The van der Waals surface area contributed by atoms with Gasteiger partial charge in [-0.3, -0.25) is 10.1 Å². The fourth-order valence-electron chi connectivity index (χ4n) is 1.81. The molecule has 1 atom stereocenters. The maximum Gasteiger partial charge on any atom is 0.514 e. The van der Waals surface area contributed by atoms with E-state index >= 15 is 0 Å². The van der Waals surface area contributed by atoms with E-state index in [9.17, 15) is 14.9 Å². The van der Waals surface area contributed by atoms with Crippen molar-refractivity contribution in [2.24, 2.45) is 0 Å². The number of nitro benzene ring substituents is 1. The zero-order valence-electron chi connectivity index (χ0n) is 14.4. The number of non-ortho nitro benzene ring substituents is 1. The van der Waals surface area contributed by atoms with Gasteiger partial charge in [-0.05, 0) is 31.6 Å². The van der Waals surface area contributed by atoms with Crippen molar-refractivity contribution in [3.05, 3.63) is 46.5 Å². The summed E-state index contributed by atoms with van der Waals surface area (Å²) in [5, 5.41) is 10.5. The summed E-state index contributed by atoms with van der Waals surface area (Å²) in [7, 11) is 0. The Balaban J connectivity index is 2.24. The SMILES string of the molecule is CCCC(OCC)OC/C=C/COC(=O)Oc1ccc([N+](=O)[O-])cc1. The van der Waals surface area contributed by atoms with Crippen molar-refractivity contribution < 1.29 is 28.7 Å². The molecule has 0 saturated heterocycles. The summed E-state index contributed by atoms with van der Waals surface area (Å²) in [6.07, 6.45) is 4.02. The van der Waals surface area contributed by atoms with Crippen LogP contribution in [0.4, 0.5) is 10.5 Å². The molecule has 0 aliphatic heterocycles. The van der Waals surface area contributed by atoms with Gasteiger partial charge < -0.3 is 18.9 Å². The molecular weight excluding hydrogens is 330 g/mol. The molecule has 0 saturated carbocycles. The van der Waals surface area contributed by atoms with Crippen LogP contribution in [-0.2, 0) is 14.2 Å². The van der Waals surface area contributed by atoms with E-state index in [1.165, 1.54) is 24.3 Å². The summed E-state index contributed by atoms with van der Waals surface area (Å²) in [6.45, 7) is 4.93. The normalized spacial score (nSPS) is 12.1. The third-order valence-corrected chi connectivity index (χ3v) is 2.97. The first-order valence-corrected chi connectivity index (χ1v) is 8.04. The zero-order valence-corrected chi connectivity index (χ0v) is 14.4. The molecule has 0 fully saturated rings. The van der Waals surface area contributed by atoms with Crippen LogP contribution in [0.5, 0.6) is 5.75 Å². The molecule has 0 aliphatic carbocycles. The maximum atomic E-state index is 11.5. The molecule has 1 unspecified atom stereocenters. The predicted molar refractivity (Wildman–Crippen MR) is 90.5 cm³/mol. The summed E-state index contributed by atoms with van der Waals surface area (Å²) in [4.78, 5) is 21.5. The van der Waals surface area contributed by atoms with Gasteiger partial charge in [0.15, 0.2) is 6.29 Å². The van der Waals surface area contributed by atoms with E-state index in [2.05, 4.69) is 6.92 Å². The Labute approximate surface area is 146 Å². The van der Waals surface area contributed by atoms with Gasteiger partial charge in [0.1, 0.15) is 12.4 Å². The molecule has 1 aromatic carbocycles. The van der Waals surface area contributed by atoms with Crippen LogP contribution in [0.1, 0.15) is 26.7 Å². The van der Waals surface area contributed by atoms with Crippen molar-refractivity contribution in [2.75, 3.05) is 19.8 Å². The van der Waals surface area contributed by atoms with Crippen molar-refractivity contribution in [1.29, 1.82) is 0 Å². The summed E-state index contributed by atoms with van der Waals surface area (Å²) in [5.74, 6) is 0.169. The number of ether oxygens (including phenoxy) is 4. The molecule has 138 valence electrons. The monoisotopic (exact) mass is 353 g/mol. The van der Waals surface area contributed by atoms with Gasteiger partial charge in [-0.2, -0.15) is 0 Å². The fourth-order valence-corrected chi connectivity index (χ4v) is 1.81. The van der Waals surface area contributed by atoms with Crippen LogP contribution in [0.2, 0.25) is 0 Å². The van der Waals surface area contributed by atoms with Gasteiger partial charge in [0, 0.05) is 18.7 Å². The van der Waals surface area contributed by atoms with Crippen molar-refractivity contribution in [3.8, 4) is 5.75 Å². The number of nitro groups is 1. The zero-order chi connectivity index (χ0) is 18.5. The quantitative estimate of drug-likeness (QED) is 0.149. The first-order valence-electron chi connectivity index (χ1n) is 8.04. The topological polar surface area (TPSA) is 97.1 Å². The smallest absolute Gasteiger partial charge is 0.430 e. The lowest BCUT2D eigenvalue weighted by Gasteiger charge is -2.15. The highest BCUT2D eigenvalue weighted by Gasteiger charge is 2.08. The molecule has 1 rings (SSSR count). The third kappa shape index (κ3) is 8.83. The molecule has 0 bridgehead atoms. The molecule has 0 spiro atoms. The van der Waals surface area contributed by atoms with Crippen LogP contribution in [0, 0.1) is 10.1 Å². The molecule has 0 aromatic heterocycles. The minimum absolute atomic E-state index is 0.0300. The fraction of sp³-hybridized carbons (Fsp3) is 0.471. The van der Waals surface area contributed by atoms with Crippen molar-refractivity contribution in [1.82, 2.24) is 0 Å². The Hall–Kier alpha value is -2.45. The van der Waals surface area contributed by atoms with Crippen LogP contribution in [0.15, 0.2) is 36.4 Å². The van der Waals surface area contributed by atoms with Crippen LogP contribution < -0.4 is 4.74 Å². The summed E-state index contributed by atoms with van der Waals surface area (Å²) < 4.78 is 20.7. The highest BCUT2D eigenvalue weighted by molar-refractivity contribution is 5.64. The van der Waals surface area contributed by atoms with Crippen LogP contribution in [-0.4, -0.2) is 37.2 Å². The minimum atomic E-state index is -0.891. The Kier molecular flexibility index (Phi) is 9.88. The average molecular weight is 353 g/mol. The van der Waals surface area contributed by atoms with Crippen molar-refractivity contribution in [3.63, 3.8) is 0 Å². The lowest BCUT2D eigenvalue weighted by atomic mass is 10.3. The van der Waals surface area contributed by atoms with E-state index in [1.54, 1.807) is 12.2 Å². The van der Waals surface area contributed by atoms with Gasteiger partial charge in [-0.15, -0.1) is 0 Å². The van der Waals surface area contributed by atoms with Crippen LogP contribution in [0.3, 0.4) is 0 Å². The molecule has 0 heterocycles.